The summed E-state index contributed by atoms with van der Waals surface area (Å²) in [6.45, 7) is 8.96. The highest BCUT2D eigenvalue weighted by molar-refractivity contribution is 6.30. The molecule has 40 heavy (non-hydrogen) atoms. The van der Waals surface area contributed by atoms with Crippen LogP contribution in [-0.2, 0) is 16.2 Å². The first-order valence-corrected chi connectivity index (χ1v) is 14.5. The van der Waals surface area contributed by atoms with E-state index in [1.807, 2.05) is 43.4 Å². The Hall–Kier alpha value is -3.37. The lowest BCUT2D eigenvalue weighted by molar-refractivity contribution is -0.119. The van der Waals surface area contributed by atoms with Gasteiger partial charge in [-0.05, 0) is 58.2 Å². The lowest BCUT2D eigenvalue weighted by Gasteiger charge is -2.48. The van der Waals surface area contributed by atoms with Crippen molar-refractivity contribution in [3.05, 3.63) is 99.4 Å². The second-order valence-corrected chi connectivity index (χ2v) is 13.6. The van der Waals surface area contributed by atoms with Crippen molar-refractivity contribution >= 4 is 33.9 Å². The van der Waals surface area contributed by atoms with Gasteiger partial charge in [0.15, 0.2) is 11.6 Å². The summed E-state index contributed by atoms with van der Waals surface area (Å²) in [5.74, 6) is 0.370. The summed E-state index contributed by atoms with van der Waals surface area (Å²) in [6.07, 6.45) is 2.45. The maximum absolute atomic E-state index is 13.9. The Balaban J connectivity index is 1.50. The summed E-state index contributed by atoms with van der Waals surface area (Å²) in [5.41, 5.74) is 5.07. The molecule has 206 valence electrons. The topological polar surface area (TPSA) is 46.6 Å². The molecule has 6 rings (SSSR count). The number of ether oxygens (including phenoxy) is 1. The summed E-state index contributed by atoms with van der Waals surface area (Å²) in [7, 11) is 2.03. The van der Waals surface area contributed by atoms with E-state index in [1.54, 1.807) is 0 Å². The lowest BCUT2D eigenvalue weighted by Crippen LogP contribution is -2.43. The number of benzene rings is 3. The largest absolute Gasteiger partial charge is 0.489 e. The van der Waals surface area contributed by atoms with E-state index in [2.05, 4.69) is 56.9 Å². The quantitative estimate of drug-likeness (QED) is 0.325. The summed E-state index contributed by atoms with van der Waals surface area (Å²) in [5, 5.41) is 2.86. The average Bonchev–Trinajstić information content (AvgIpc) is 2.88. The van der Waals surface area contributed by atoms with Crippen LogP contribution in [0.2, 0.25) is 5.02 Å². The highest BCUT2D eigenvalue weighted by Gasteiger charge is 2.48. The van der Waals surface area contributed by atoms with Crippen molar-refractivity contribution in [1.29, 1.82) is 0 Å². The summed E-state index contributed by atoms with van der Waals surface area (Å²) < 4.78 is 6.54. The molecule has 0 atom stereocenters. The van der Waals surface area contributed by atoms with Gasteiger partial charge in [-0.1, -0.05) is 81.8 Å². The molecule has 0 fully saturated rings. The van der Waals surface area contributed by atoms with Crippen LogP contribution in [0.5, 0.6) is 5.75 Å². The number of ketones is 2. The maximum atomic E-state index is 13.9. The number of nitrogens with zero attached hydrogens (tertiary/aromatic N) is 1. The van der Waals surface area contributed by atoms with E-state index < -0.39 is 5.92 Å². The van der Waals surface area contributed by atoms with Gasteiger partial charge in [-0.15, -0.1) is 0 Å². The third kappa shape index (κ3) is 4.66. The zero-order chi connectivity index (χ0) is 28.4. The summed E-state index contributed by atoms with van der Waals surface area (Å²) >= 11 is 6.61. The van der Waals surface area contributed by atoms with Gasteiger partial charge in [0.1, 0.15) is 12.4 Å². The number of rotatable bonds is 4. The Morgan fingerprint density at radius 3 is 2.08 bits per heavy atom. The van der Waals surface area contributed by atoms with Gasteiger partial charge in [0.05, 0.1) is 0 Å². The lowest BCUT2D eigenvalue weighted by atomic mass is 9.63. The molecule has 4 nitrogen and oxygen atoms in total. The van der Waals surface area contributed by atoms with Gasteiger partial charge < -0.3 is 9.64 Å². The van der Waals surface area contributed by atoms with Crippen molar-refractivity contribution in [3.8, 4) is 5.75 Å². The van der Waals surface area contributed by atoms with Crippen molar-refractivity contribution in [2.24, 2.45) is 10.8 Å². The van der Waals surface area contributed by atoms with Crippen LogP contribution in [0.15, 0.2) is 83.2 Å². The molecule has 0 amide bonds. The highest BCUT2D eigenvalue weighted by atomic mass is 35.5. The molecule has 3 aromatic rings. The fourth-order valence-corrected chi connectivity index (χ4v) is 7.11. The van der Waals surface area contributed by atoms with E-state index in [1.165, 1.54) is 0 Å². The molecule has 5 heteroatoms. The van der Waals surface area contributed by atoms with E-state index in [9.17, 15) is 9.59 Å². The Morgan fingerprint density at radius 1 is 0.825 bits per heavy atom. The predicted octanol–water partition coefficient (Wildman–Crippen LogP) is 8.39. The van der Waals surface area contributed by atoms with E-state index in [0.29, 0.717) is 30.2 Å². The van der Waals surface area contributed by atoms with Gasteiger partial charge in [-0.2, -0.15) is 0 Å². The molecule has 1 heterocycles. The van der Waals surface area contributed by atoms with Gasteiger partial charge in [-0.25, -0.2) is 0 Å². The minimum atomic E-state index is -0.491. The molecule has 0 spiro atoms. The SMILES string of the molecule is CN1C2=C(C(=O)CC(C)(C)C2)C(c2cc(Cl)ccc2OCc2cccc3ccccc23)C2=C1CC(C)(C)CC2=O. The van der Waals surface area contributed by atoms with Gasteiger partial charge in [-0.3, -0.25) is 9.59 Å². The molecule has 0 aromatic heterocycles. The standard InChI is InChI=1S/C35H36ClNO3/c1-34(2)16-26-32(28(38)18-34)31(33-27(37(26)5)17-35(3,4)19-29(33)39)25-15-23(36)13-14-30(25)40-20-22-11-8-10-21-9-6-7-12-24(21)22/h6-15,31H,16-20H2,1-5H3. The molecule has 0 unspecified atom stereocenters. The molecular formula is C35H36ClNO3. The average molecular weight is 554 g/mol. The van der Waals surface area contributed by atoms with E-state index in [0.717, 1.165) is 57.3 Å². The van der Waals surface area contributed by atoms with Gasteiger partial charge >= 0.3 is 0 Å². The van der Waals surface area contributed by atoms with Crippen molar-refractivity contribution < 1.29 is 14.3 Å². The fourth-order valence-electron chi connectivity index (χ4n) is 6.93. The molecule has 2 aliphatic carbocycles. The summed E-state index contributed by atoms with van der Waals surface area (Å²) in [6, 6.07) is 20.1. The van der Waals surface area contributed by atoms with Gasteiger partial charge in [0, 0.05) is 58.9 Å². The van der Waals surface area contributed by atoms with E-state index >= 15 is 0 Å². The number of allylic oxidation sites excluding steroid dienone is 4. The first-order valence-electron chi connectivity index (χ1n) is 14.1. The van der Waals surface area contributed by atoms with E-state index in [-0.39, 0.29) is 22.4 Å². The Kier molecular flexibility index (Phi) is 6.46. The van der Waals surface area contributed by atoms with Crippen LogP contribution < -0.4 is 4.74 Å². The smallest absolute Gasteiger partial charge is 0.162 e. The van der Waals surface area contributed by atoms with Crippen LogP contribution in [0.25, 0.3) is 10.8 Å². The predicted molar refractivity (Wildman–Crippen MR) is 160 cm³/mol. The Morgan fingerprint density at radius 2 is 1.43 bits per heavy atom. The van der Waals surface area contributed by atoms with Crippen LogP contribution in [0.1, 0.15) is 70.4 Å². The molecule has 0 radical (unpaired) electrons. The monoisotopic (exact) mass is 553 g/mol. The van der Waals surface area contributed by atoms with Crippen LogP contribution >= 0.6 is 11.6 Å². The number of carbonyl (C=O) groups excluding carboxylic acids is 2. The molecule has 1 aliphatic heterocycles. The molecule has 0 saturated carbocycles. The van der Waals surface area contributed by atoms with Crippen LogP contribution in [0.4, 0.5) is 0 Å². The van der Waals surface area contributed by atoms with Crippen LogP contribution in [-0.4, -0.2) is 23.5 Å². The third-order valence-corrected chi connectivity index (χ3v) is 8.96. The molecular weight excluding hydrogens is 518 g/mol. The zero-order valence-electron chi connectivity index (χ0n) is 23.9. The Bertz CT molecular complexity index is 1570. The number of fused-ring (bicyclic) bond motifs is 1. The normalized spacial score (nSPS) is 20.6. The fraction of sp³-hybridized carbons (Fsp3) is 0.371. The highest BCUT2D eigenvalue weighted by Crippen LogP contribution is 2.55. The van der Waals surface area contributed by atoms with Crippen LogP contribution in [0, 0.1) is 10.8 Å². The first kappa shape index (κ1) is 26.8. The Labute approximate surface area is 241 Å². The van der Waals surface area contributed by atoms with Crippen molar-refractivity contribution in [2.75, 3.05) is 7.05 Å². The second kappa shape index (κ2) is 9.62. The second-order valence-electron chi connectivity index (χ2n) is 13.2. The number of halogens is 1. The van der Waals surface area contributed by atoms with E-state index in [4.69, 9.17) is 16.3 Å². The molecule has 0 saturated heterocycles. The number of Topliss-reactive ketones (excluding diaryl/α,β-unsaturated/α-hetero) is 2. The molecule has 3 aromatic carbocycles. The first-order chi connectivity index (χ1) is 18.9. The third-order valence-electron chi connectivity index (χ3n) is 8.73. The number of carbonyl (C=O) groups is 2. The maximum Gasteiger partial charge on any atom is 0.162 e. The number of hydrogen-bond donors (Lipinski definition) is 0. The van der Waals surface area contributed by atoms with Crippen molar-refractivity contribution in [2.45, 2.75) is 65.9 Å². The number of hydrogen-bond acceptors (Lipinski definition) is 4. The minimum absolute atomic E-state index is 0.104. The molecule has 0 N–H and O–H groups in total. The van der Waals surface area contributed by atoms with Crippen molar-refractivity contribution in [1.82, 2.24) is 4.90 Å². The van der Waals surface area contributed by atoms with Gasteiger partial charge in [0.2, 0.25) is 0 Å². The van der Waals surface area contributed by atoms with Crippen LogP contribution in [0.3, 0.4) is 0 Å². The zero-order valence-corrected chi connectivity index (χ0v) is 24.7. The molecule has 0 bridgehead atoms. The van der Waals surface area contributed by atoms with Crippen molar-refractivity contribution in [3.63, 3.8) is 0 Å². The molecule has 3 aliphatic rings. The van der Waals surface area contributed by atoms with Gasteiger partial charge in [0.25, 0.3) is 0 Å². The minimum Gasteiger partial charge on any atom is -0.489 e. The summed E-state index contributed by atoms with van der Waals surface area (Å²) in [4.78, 5) is 30.0.